The molecule has 1 unspecified atom stereocenters. The van der Waals surface area contributed by atoms with Gasteiger partial charge in [-0.1, -0.05) is 32.0 Å². The molecule has 1 aliphatic heterocycles. The lowest BCUT2D eigenvalue weighted by atomic mass is 9.80. The summed E-state index contributed by atoms with van der Waals surface area (Å²) in [4.78, 5) is 14.1. The maximum atomic E-state index is 12.0. The zero-order valence-corrected chi connectivity index (χ0v) is 11.6. The summed E-state index contributed by atoms with van der Waals surface area (Å²) >= 11 is 0. The van der Waals surface area contributed by atoms with Crippen molar-refractivity contribution in [2.45, 2.75) is 26.4 Å². The number of benzene rings is 1. The van der Waals surface area contributed by atoms with Gasteiger partial charge in [-0.2, -0.15) is 0 Å². The molecular formula is C15H21NO2. The van der Waals surface area contributed by atoms with Crippen LogP contribution in [0, 0.1) is 5.41 Å². The van der Waals surface area contributed by atoms with Gasteiger partial charge in [0.1, 0.15) is 6.10 Å². The summed E-state index contributed by atoms with van der Waals surface area (Å²) in [5, 5.41) is 0. The molecule has 0 fully saturated rings. The van der Waals surface area contributed by atoms with Crippen LogP contribution in [0.4, 0.5) is 0 Å². The zero-order chi connectivity index (χ0) is 13.3. The molecule has 3 heteroatoms. The average molecular weight is 247 g/mol. The number of esters is 1. The van der Waals surface area contributed by atoms with Crippen LogP contribution in [-0.2, 0) is 11.2 Å². The Morgan fingerprint density at radius 1 is 1.33 bits per heavy atom. The Morgan fingerprint density at radius 3 is 2.67 bits per heavy atom. The molecule has 0 aliphatic carbocycles. The van der Waals surface area contributed by atoms with Gasteiger partial charge in [0.25, 0.3) is 0 Å². The molecular weight excluding hydrogens is 226 g/mol. The van der Waals surface area contributed by atoms with E-state index in [1.165, 1.54) is 0 Å². The molecule has 1 aliphatic rings. The summed E-state index contributed by atoms with van der Waals surface area (Å²) in [6.07, 6.45) is 0.755. The summed E-state index contributed by atoms with van der Waals surface area (Å²) in [5.41, 5.74) is 1.77. The van der Waals surface area contributed by atoms with Crippen molar-refractivity contribution in [3.05, 3.63) is 35.4 Å². The molecule has 1 heterocycles. The molecule has 0 N–H and O–H groups in total. The highest BCUT2D eigenvalue weighted by molar-refractivity contribution is 5.92. The summed E-state index contributed by atoms with van der Waals surface area (Å²) in [7, 11) is 4.08. The van der Waals surface area contributed by atoms with Crippen molar-refractivity contribution >= 4 is 5.97 Å². The lowest BCUT2D eigenvalue weighted by Gasteiger charge is -2.38. The maximum Gasteiger partial charge on any atom is 0.338 e. The van der Waals surface area contributed by atoms with E-state index in [-0.39, 0.29) is 17.5 Å². The van der Waals surface area contributed by atoms with Crippen LogP contribution in [-0.4, -0.2) is 37.6 Å². The van der Waals surface area contributed by atoms with Gasteiger partial charge >= 0.3 is 5.97 Å². The minimum Gasteiger partial charge on any atom is -0.458 e. The quantitative estimate of drug-likeness (QED) is 0.768. The average Bonchev–Trinajstić information content (AvgIpc) is 2.27. The molecule has 98 valence electrons. The maximum absolute atomic E-state index is 12.0. The minimum atomic E-state index is -0.186. The Bertz CT molecular complexity index is 452. The summed E-state index contributed by atoms with van der Waals surface area (Å²) in [5.74, 6) is -0.186. The van der Waals surface area contributed by atoms with Gasteiger partial charge in [0.15, 0.2) is 0 Å². The molecule has 2 rings (SSSR count). The highest BCUT2D eigenvalue weighted by atomic mass is 16.5. The van der Waals surface area contributed by atoms with E-state index in [0.717, 1.165) is 24.1 Å². The third-order valence-corrected chi connectivity index (χ3v) is 3.49. The molecule has 0 aromatic heterocycles. The van der Waals surface area contributed by atoms with Crippen LogP contribution in [0.2, 0.25) is 0 Å². The number of cyclic esters (lactones) is 1. The third-order valence-electron chi connectivity index (χ3n) is 3.49. The molecule has 0 amide bonds. The van der Waals surface area contributed by atoms with Gasteiger partial charge in [0.05, 0.1) is 5.56 Å². The number of ether oxygens (including phenoxy) is 1. The van der Waals surface area contributed by atoms with Gasteiger partial charge in [-0.15, -0.1) is 0 Å². The first-order chi connectivity index (χ1) is 8.40. The van der Waals surface area contributed by atoms with E-state index < -0.39 is 0 Å². The Balaban J connectivity index is 2.23. The Labute approximate surface area is 109 Å². The first-order valence-electron chi connectivity index (χ1n) is 6.34. The number of hydrogen-bond acceptors (Lipinski definition) is 3. The Hall–Kier alpha value is -1.35. The Morgan fingerprint density at radius 2 is 2.00 bits per heavy atom. The molecule has 1 aromatic carbocycles. The first-order valence-corrected chi connectivity index (χ1v) is 6.34. The molecule has 0 saturated heterocycles. The van der Waals surface area contributed by atoms with Gasteiger partial charge in [-0.3, -0.25) is 0 Å². The molecule has 0 radical (unpaired) electrons. The van der Waals surface area contributed by atoms with Crippen molar-refractivity contribution in [2.75, 3.05) is 20.6 Å². The van der Waals surface area contributed by atoms with E-state index >= 15 is 0 Å². The van der Waals surface area contributed by atoms with Gasteiger partial charge in [-0.25, -0.2) is 4.79 Å². The molecule has 0 saturated carbocycles. The van der Waals surface area contributed by atoms with E-state index in [9.17, 15) is 4.79 Å². The van der Waals surface area contributed by atoms with Crippen LogP contribution >= 0.6 is 0 Å². The predicted molar refractivity (Wildman–Crippen MR) is 71.7 cm³/mol. The Kier molecular flexibility index (Phi) is 3.44. The summed E-state index contributed by atoms with van der Waals surface area (Å²) in [6, 6.07) is 7.72. The van der Waals surface area contributed by atoms with Crippen molar-refractivity contribution < 1.29 is 9.53 Å². The predicted octanol–water partition coefficient (Wildman–Crippen LogP) is 2.36. The van der Waals surface area contributed by atoms with Crippen molar-refractivity contribution in [3.63, 3.8) is 0 Å². The summed E-state index contributed by atoms with van der Waals surface area (Å²) < 4.78 is 5.61. The van der Waals surface area contributed by atoms with Gasteiger partial charge in [-0.05, 0) is 25.7 Å². The molecule has 0 spiro atoms. The van der Waals surface area contributed by atoms with Gasteiger partial charge < -0.3 is 9.64 Å². The minimum absolute atomic E-state index is 0.0489. The fourth-order valence-electron chi connectivity index (χ4n) is 2.68. The topological polar surface area (TPSA) is 29.5 Å². The largest absolute Gasteiger partial charge is 0.458 e. The molecule has 0 bridgehead atoms. The zero-order valence-electron chi connectivity index (χ0n) is 11.6. The second-order valence-electron chi connectivity index (χ2n) is 5.98. The number of nitrogens with zero attached hydrogens (tertiary/aromatic N) is 1. The molecule has 1 atom stereocenters. The number of hydrogen-bond donors (Lipinski definition) is 0. The lowest BCUT2D eigenvalue weighted by Crippen LogP contribution is -2.44. The van der Waals surface area contributed by atoms with E-state index in [2.05, 4.69) is 18.7 Å². The molecule has 3 nitrogen and oxygen atoms in total. The van der Waals surface area contributed by atoms with Crippen molar-refractivity contribution in [2.24, 2.45) is 5.41 Å². The van der Waals surface area contributed by atoms with Gasteiger partial charge in [0.2, 0.25) is 0 Å². The third kappa shape index (κ3) is 2.56. The highest BCUT2D eigenvalue weighted by Gasteiger charge is 2.37. The van der Waals surface area contributed by atoms with E-state index in [1.54, 1.807) is 0 Å². The van der Waals surface area contributed by atoms with Crippen LogP contribution in [0.1, 0.15) is 29.8 Å². The lowest BCUT2D eigenvalue weighted by molar-refractivity contribution is -0.0199. The number of carbonyl (C=O) groups excluding carboxylic acids is 1. The van der Waals surface area contributed by atoms with Crippen LogP contribution in [0.3, 0.4) is 0 Å². The van der Waals surface area contributed by atoms with Gasteiger partial charge in [0, 0.05) is 18.4 Å². The number of fused-ring (bicyclic) bond motifs is 1. The van der Waals surface area contributed by atoms with Crippen molar-refractivity contribution in [1.29, 1.82) is 0 Å². The molecule has 18 heavy (non-hydrogen) atoms. The fourth-order valence-corrected chi connectivity index (χ4v) is 2.68. The first kappa shape index (κ1) is 13.1. The fraction of sp³-hybridized carbons (Fsp3) is 0.533. The van der Waals surface area contributed by atoms with Crippen LogP contribution in [0.5, 0.6) is 0 Å². The SMILES string of the molecule is CN(C)CC(C)(C)C1Cc2ccccc2C(=O)O1. The van der Waals surface area contributed by atoms with E-state index in [0.29, 0.717) is 0 Å². The normalized spacial score (nSPS) is 19.6. The second-order valence-corrected chi connectivity index (χ2v) is 5.98. The van der Waals surface area contributed by atoms with Crippen molar-refractivity contribution in [1.82, 2.24) is 4.90 Å². The van der Waals surface area contributed by atoms with Crippen LogP contribution in [0.15, 0.2) is 24.3 Å². The van der Waals surface area contributed by atoms with E-state index in [4.69, 9.17) is 4.74 Å². The monoisotopic (exact) mass is 247 g/mol. The van der Waals surface area contributed by atoms with Crippen LogP contribution < -0.4 is 0 Å². The number of rotatable bonds is 3. The van der Waals surface area contributed by atoms with Crippen molar-refractivity contribution in [3.8, 4) is 0 Å². The smallest absolute Gasteiger partial charge is 0.338 e. The number of carbonyl (C=O) groups is 1. The standard InChI is InChI=1S/C15H21NO2/c1-15(2,10-16(3)4)13-9-11-7-5-6-8-12(11)14(17)18-13/h5-8,13H,9-10H2,1-4H3. The van der Waals surface area contributed by atoms with Crippen LogP contribution in [0.25, 0.3) is 0 Å². The summed E-state index contributed by atoms with van der Waals surface area (Å²) in [6.45, 7) is 5.20. The molecule has 1 aromatic rings. The van der Waals surface area contributed by atoms with E-state index in [1.807, 2.05) is 38.4 Å². The highest BCUT2D eigenvalue weighted by Crippen LogP contribution is 2.32. The second kappa shape index (κ2) is 4.73.